The molecule has 0 unspecified atom stereocenters. The van der Waals surface area contributed by atoms with E-state index in [2.05, 4.69) is 15.5 Å². The molecule has 1 atom stereocenters. The van der Waals surface area contributed by atoms with Crippen LogP contribution in [-0.2, 0) is 4.79 Å². The second-order valence-electron chi connectivity index (χ2n) is 4.07. The molecule has 0 saturated heterocycles. The molecule has 1 aromatic carbocycles. The third kappa shape index (κ3) is 3.64. The summed E-state index contributed by atoms with van der Waals surface area (Å²) in [6.07, 6.45) is 0. The Morgan fingerprint density at radius 1 is 1.43 bits per heavy atom. The number of para-hydroxylation sites is 1. The number of carboxylic acid groups (broad SMARTS) is 1. The molecular weight excluding hydrogens is 312 g/mol. The van der Waals surface area contributed by atoms with Crippen molar-refractivity contribution in [1.29, 1.82) is 0 Å². The lowest BCUT2D eigenvalue weighted by Gasteiger charge is -2.26. The summed E-state index contributed by atoms with van der Waals surface area (Å²) in [5, 5.41) is 18.3. The summed E-state index contributed by atoms with van der Waals surface area (Å²) in [6, 6.07) is 6.93. The summed E-state index contributed by atoms with van der Waals surface area (Å²) >= 11 is 5.97. The molecule has 0 spiro atoms. The zero-order chi connectivity index (χ0) is 15.4. The van der Waals surface area contributed by atoms with Crippen molar-refractivity contribution in [2.75, 3.05) is 10.2 Å². The van der Waals surface area contributed by atoms with Crippen LogP contribution in [0.2, 0.25) is 0 Å². The molecule has 0 saturated carbocycles. The number of aromatic amines is 1. The smallest absolute Gasteiger partial charge is 0.328 e. The third-order valence-electron chi connectivity index (χ3n) is 2.65. The molecule has 1 aromatic heterocycles. The molecular formula is C12H12N4O3S2. The van der Waals surface area contributed by atoms with Crippen molar-refractivity contribution in [2.24, 2.45) is 0 Å². The van der Waals surface area contributed by atoms with Gasteiger partial charge in [0.25, 0.3) is 0 Å². The third-order valence-corrected chi connectivity index (χ3v) is 3.65. The summed E-state index contributed by atoms with van der Waals surface area (Å²) in [5.41, 5.74) is 0.476. The SMILES string of the molecule is C[C@@H](C(=O)O)N(C(=O)Nc1n[nH]c(=S)s1)c1ccccc1. The molecule has 21 heavy (non-hydrogen) atoms. The number of anilines is 2. The molecule has 2 amide bonds. The number of nitrogens with one attached hydrogen (secondary N) is 2. The fourth-order valence-corrected chi connectivity index (χ4v) is 2.43. The molecule has 110 valence electrons. The lowest BCUT2D eigenvalue weighted by atomic mass is 10.2. The van der Waals surface area contributed by atoms with E-state index in [9.17, 15) is 14.7 Å². The maximum atomic E-state index is 12.3. The molecule has 7 nitrogen and oxygen atoms in total. The minimum absolute atomic E-state index is 0.281. The van der Waals surface area contributed by atoms with E-state index in [4.69, 9.17) is 12.2 Å². The van der Waals surface area contributed by atoms with E-state index in [1.165, 1.54) is 6.92 Å². The number of aromatic nitrogens is 2. The zero-order valence-electron chi connectivity index (χ0n) is 10.9. The van der Waals surface area contributed by atoms with Gasteiger partial charge in [-0.25, -0.2) is 9.59 Å². The molecule has 0 aliphatic carbocycles. The fraction of sp³-hybridized carbons (Fsp3) is 0.167. The first kappa shape index (κ1) is 15.1. The van der Waals surface area contributed by atoms with E-state index in [0.29, 0.717) is 9.64 Å². The molecule has 3 N–H and O–H groups in total. The highest BCUT2D eigenvalue weighted by atomic mass is 32.1. The second kappa shape index (κ2) is 6.46. The molecule has 0 radical (unpaired) electrons. The van der Waals surface area contributed by atoms with E-state index >= 15 is 0 Å². The number of rotatable bonds is 4. The molecule has 2 aromatic rings. The van der Waals surface area contributed by atoms with Crippen LogP contribution in [0, 0.1) is 3.95 Å². The van der Waals surface area contributed by atoms with Crippen LogP contribution in [0.1, 0.15) is 6.92 Å². The molecule has 1 heterocycles. The quantitative estimate of drug-likeness (QED) is 0.751. The summed E-state index contributed by atoms with van der Waals surface area (Å²) in [6.45, 7) is 1.43. The Labute approximate surface area is 129 Å². The first-order valence-electron chi connectivity index (χ1n) is 5.92. The van der Waals surface area contributed by atoms with Gasteiger partial charge in [-0.05, 0) is 31.3 Å². The van der Waals surface area contributed by atoms with E-state index in [1.54, 1.807) is 30.3 Å². The topological polar surface area (TPSA) is 98.3 Å². The summed E-state index contributed by atoms with van der Waals surface area (Å²) in [4.78, 5) is 24.7. The molecule has 0 aliphatic heterocycles. The summed E-state index contributed by atoms with van der Waals surface area (Å²) in [5.74, 6) is -1.11. The van der Waals surface area contributed by atoms with Gasteiger partial charge in [0.05, 0.1) is 0 Å². The number of carboxylic acids is 1. The normalized spacial score (nSPS) is 11.7. The predicted molar refractivity (Wildman–Crippen MR) is 82.3 cm³/mol. The predicted octanol–water partition coefficient (Wildman–Crippen LogP) is 2.71. The number of benzene rings is 1. The number of aliphatic carboxylic acids is 1. The highest BCUT2D eigenvalue weighted by molar-refractivity contribution is 7.73. The zero-order valence-corrected chi connectivity index (χ0v) is 12.6. The fourth-order valence-electron chi connectivity index (χ4n) is 1.65. The van der Waals surface area contributed by atoms with Crippen LogP contribution in [0.15, 0.2) is 30.3 Å². The van der Waals surface area contributed by atoms with Gasteiger partial charge in [-0.15, -0.1) is 5.10 Å². The maximum absolute atomic E-state index is 12.3. The van der Waals surface area contributed by atoms with Gasteiger partial charge in [-0.3, -0.25) is 15.3 Å². The number of hydrogen-bond acceptors (Lipinski definition) is 5. The van der Waals surface area contributed by atoms with Crippen LogP contribution in [0.25, 0.3) is 0 Å². The van der Waals surface area contributed by atoms with Crippen LogP contribution in [-0.4, -0.2) is 33.3 Å². The van der Waals surface area contributed by atoms with Crippen molar-refractivity contribution in [3.05, 3.63) is 34.3 Å². The molecule has 0 bridgehead atoms. The molecule has 2 rings (SSSR count). The molecule has 0 aliphatic rings. The largest absolute Gasteiger partial charge is 0.480 e. The molecule has 0 fully saturated rings. The van der Waals surface area contributed by atoms with Gasteiger partial charge in [0.2, 0.25) is 5.13 Å². The lowest BCUT2D eigenvalue weighted by Crippen LogP contribution is -2.45. The monoisotopic (exact) mass is 324 g/mol. The van der Waals surface area contributed by atoms with Gasteiger partial charge in [-0.1, -0.05) is 29.5 Å². The van der Waals surface area contributed by atoms with Crippen LogP contribution in [0.4, 0.5) is 15.6 Å². The number of carbonyl (C=O) groups excluding carboxylic acids is 1. The number of hydrogen-bond donors (Lipinski definition) is 3. The van der Waals surface area contributed by atoms with Gasteiger partial charge in [-0.2, -0.15) is 0 Å². The Bertz CT molecular complexity index is 698. The number of nitrogens with zero attached hydrogens (tertiary/aromatic N) is 2. The standard InChI is InChI=1S/C12H12N4O3S2/c1-7(9(17)18)16(8-5-3-2-4-6-8)11(19)13-10-14-15-12(20)21-10/h2-7H,1H3,(H,15,20)(H,17,18)(H,13,14,19)/t7-/m0/s1. The van der Waals surface area contributed by atoms with E-state index < -0.39 is 18.0 Å². The van der Waals surface area contributed by atoms with Crippen molar-refractivity contribution in [3.8, 4) is 0 Å². The van der Waals surface area contributed by atoms with Crippen molar-refractivity contribution in [1.82, 2.24) is 10.2 Å². The Balaban J connectivity index is 2.29. The highest BCUT2D eigenvalue weighted by Crippen LogP contribution is 2.19. The number of H-pyrrole nitrogens is 1. The van der Waals surface area contributed by atoms with Gasteiger partial charge >= 0.3 is 12.0 Å². The van der Waals surface area contributed by atoms with E-state index in [0.717, 1.165) is 16.2 Å². The highest BCUT2D eigenvalue weighted by Gasteiger charge is 2.27. The average Bonchev–Trinajstić information content (AvgIpc) is 2.85. The van der Waals surface area contributed by atoms with Crippen LogP contribution in [0.3, 0.4) is 0 Å². The van der Waals surface area contributed by atoms with Crippen LogP contribution in [0.5, 0.6) is 0 Å². The van der Waals surface area contributed by atoms with Crippen LogP contribution >= 0.6 is 23.6 Å². The Morgan fingerprint density at radius 3 is 2.62 bits per heavy atom. The first-order valence-corrected chi connectivity index (χ1v) is 7.15. The summed E-state index contributed by atoms with van der Waals surface area (Å²) < 4.78 is 0.419. The van der Waals surface area contributed by atoms with Crippen molar-refractivity contribution >= 4 is 46.4 Å². The second-order valence-corrected chi connectivity index (χ2v) is 5.73. The van der Waals surface area contributed by atoms with Crippen molar-refractivity contribution in [2.45, 2.75) is 13.0 Å². The summed E-state index contributed by atoms with van der Waals surface area (Å²) in [7, 11) is 0. The first-order chi connectivity index (χ1) is 9.99. The van der Waals surface area contributed by atoms with Gasteiger partial charge < -0.3 is 5.11 Å². The number of urea groups is 1. The van der Waals surface area contributed by atoms with E-state index in [1.807, 2.05) is 0 Å². The number of amides is 2. The Hall–Kier alpha value is -2.26. The van der Waals surface area contributed by atoms with Gasteiger partial charge in [0.1, 0.15) is 6.04 Å². The van der Waals surface area contributed by atoms with Crippen molar-refractivity contribution < 1.29 is 14.7 Å². The van der Waals surface area contributed by atoms with E-state index in [-0.39, 0.29) is 5.13 Å². The maximum Gasteiger partial charge on any atom is 0.328 e. The van der Waals surface area contributed by atoms with Crippen molar-refractivity contribution in [3.63, 3.8) is 0 Å². The lowest BCUT2D eigenvalue weighted by molar-refractivity contribution is -0.138. The minimum Gasteiger partial charge on any atom is -0.480 e. The average molecular weight is 324 g/mol. The van der Waals surface area contributed by atoms with Crippen LogP contribution < -0.4 is 10.2 Å². The minimum atomic E-state index is -1.11. The molecule has 9 heteroatoms. The Kier molecular flexibility index (Phi) is 4.66. The van der Waals surface area contributed by atoms with Gasteiger partial charge in [0, 0.05) is 5.69 Å². The van der Waals surface area contributed by atoms with Gasteiger partial charge in [0.15, 0.2) is 3.95 Å². The number of carbonyl (C=O) groups is 2. The Morgan fingerprint density at radius 2 is 2.10 bits per heavy atom.